The molecule has 1 heterocycles. The summed E-state index contributed by atoms with van der Waals surface area (Å²) < 4.78 is 139. The SMILES string of the molecule is NC(=O)c1nn(CCO)c(O)c1N=Nc1ccc(N=Nc2c(S(=O)(=O)O)cc3cc(S(=O)(=O)O)c(N=Nc4ccc([N+](=O)[O-])cc4S(=O)(=O)O)c(O)c3c2O)c(S(=O)(=O)O)c1. The van der Waals surface area contributed by atoms with Crippen molar-refractivity contribution in [3.8, 4) is 17.4 Å². The van der Waals surface area contributed by atoms with E-state index in [1.165, 1.54) is 0 Å². The maximum absolute atomic E-state index is 12.5. The van der Waals surface area contributed by atoms with Crippen LogP contribution in [-0.2, 0) is 47.0 Å². The number of non-ortho nitro benzene ring substituents is 1. The smallest absolute Gasteiger partial charge is 0.297 e. The van der Waals surface area contributed by atoms with Crippen molar-refractivity contribution < 1.29 is 82.0 Å². The van der Waals surface area contributed by atoms with Crippen molar-refractivity contribution in [2.75, 3.05) is 6.61 Å². The first-order valence-corrected chi connectivity index (χ1v) is 21.2. The molecule has 5 aromatic rings. The summed E-state index contributed by atoms with van der Waals surface area (Å²) in [6, 6.07) is 4.70. The Balaban J connectivity index is 1.70. The zero-order valence-corrected chi connectivity index (χ0v) is 32.6. The molecule has 33 heteroatoms. The number of phenols is 2. The molecule has 10 N–H and O–H groups in total. The number of nitrogens with two attached hydrogens (primary N) is 1. The minimum atomic E-state index is -5.54. The van der Waals surface area contributed by atoms with Crippen molar-refractivity contribution in [1.82, 2.24) is 9.78 Å². The lowest BCUT2D eigenvalue weighted by Crippen LogP contribution is -2.13. The Bertz CT molecular complexity index is 3260. The standard InChI is InChI=1S/C28H22N10O19S4/c29-27(42)23-24(28(43)37(36-23)5-6-39)35-30-12-1-3-14(16(9-12)58(46,47)48)31-33-21-18(60(52,53)54)7-11-8-19(61(55,56)57)22(26(41)20(11)25(21)40)34-32-15-4-2-13(38(44)45)10-17(15)59(49,50)51/h1-4,7-10,39-41,43H,5-6H2,(H2,29,42)(H,46,47,48)(H,49,50,51)(H,52,53,54)(H,55,56,57). The number of nitro groups is 1. The summed E-state index contributed by atoms with van der Waals surface area (Å²) in [5, 5.41) is 75.9. The third-order valence-electron chi connectivity index (χ3n) is 7.69. The summed E-state index contributed by atoms with van der Waals surface area (Å²) in [6.07, 6.45) is 0. The van der Waals surface area contributed by atoms with E-state index in [2.05, 4.69) is 35.8 Å². The normalized spacial score (nSPS) is 12.9. The molecule has 0 saturated heterocycles. The molecule has 5 rings (SSSR count). The number of fused-ring (bicyclic) bond motifs is 1. The minimum Gasteiger partial charge on any atom is -0.505 e. The number of nitrogens with zero attached hydrogens (tertiary/aromatic N) is 9. The number of hydrogen-bond acceptors (Lipinski definition) is 22. The van der Waals surface area contributed by atoms with Crippen LogP contribution in [0.3, 0.4) is 0 Å². The van der Waals surface area contributed by atoms with Gasteiger partial charge in [-0.25, -0.2) is 4.68 Å². The number of carbonyl (C=O) groups is 1. The van der Waals surface area contributed by atoms with Crippen molar-refractivity contribution in [1.29, 1.82) is 0 Å². The zero-order chi connectivity index (χ0) is 45.6. The van der Waals surface area contributed by atoms with Gasteiger partial charge in [-0.15, -0.1) is 25.6 Å². The van der Waals surface area contributed by atoms with Crippen molar-refractivity contribution in [2.24, 2.45) is 36.4 Å². The highest BCUT2D eigenvalue weighted by atomic mass is 32.2. The van der Waals surface area contributed by atoms with E-state index in [0.717, 1.165) is 16.8 Å². The summed E-state index contributed by atoms with van der Waals surface area (Å²) in [5.74, 6) is -4.95. The van der Waals surface area contributed by atoms with Crippen LogP contribution in [0.5, 0.6) is 17.4 Å². The number of aliphatic hydroxyl groups excluding tert-OH is 1. The Hall–Kier alpha value is -6.98. The largest absolute Gasteiger partial charge is 0.505 e. The topological polar surface area (TPSA) is 477 Å². The van der Waals surface area contributed by atoms with Gasteiger partial charge in [-0.1, -0.05) is 0 Å². The molecule has 4 aromatic carbocycles. The number of aliphatic hydroxyl groups is 1. The van der Waals surface area contributed by atoms with Gasteiger partial charge in [-0.05, 0) is 41.8 Å². The monoisotopic (exact) mass is 930 g/mol. The average molecular weight is 931 g/mol. The van der Waals surface area contributed by atoms with Crippen LogP contribution >= 0.6 is 0 Å². The number of nitro benzene ring substituents is 1. The number of primary amides is 1. The predicted molar refractivity (Wildman–Crippen MR) is 198 cm³/mol. The zero-order valence-electron chi connectivity index (χ0n) is 29.3. The van der Waals surface area contributed by atoms with Crippen LogP contribution in [0.15, 0.2) is 98.8 Å². The molecular weight excluding hydrogens is 909 g/mol. The van der Waals surface area contributed by atoms with Crippen LogP contribution in [0.4, 0.5) is 39.8 Å². The number of carbonyl (C=O) groups excluding carboxylic acids is 1. The van der Waals surface area contributed by atoms with Gasteiger partial charge in [0.05, 0.1) is 29.1 Å². The van der Waals surface area contributed by atoms with Crippen molar-refractivity contribution in [2.45, 2.75) is 26.1 Å². The second kappa shape index (κ2) is 16.2. The molecule has 0 saturated carbocycles. The van der Waals surface area contributed by atoms with E-state index in [4.69, 9.17) is 10.8 Å². The lowest BCUT2D eigenvalue weighted by molar-refractivity contribution is -0.385. The molecule has 0 aliphatic heterocycles. The van der Waals surface area contributed by atoms with Gasteiger partial charge in [0.25, 0.3) is 52.1 Å². The molecule has 0 aliphatic rings. The molecule has 0 radical (unpaired) electrons. The van der Waals surface area contributed by atoms with Crippen molar-refractivity contribution in [3.63, 3.8) is 0 Å². The molecule has 61 heavy (non-hydrogen) atoms. The maximum Gasteiger partial charge on any atom is 0.297 e. The van der Waals surface area contributed by atoms with Crippen LogP contribution in [-0.4, -0.2) is 99.5 Å². The van der Waals surface area contributed by atoms with Crippen LogP contribution in [0, 0.1) is 10.1 Å². The summed E-state index contributed by atoms with van der Waals surface area (Å²) >= 11 is 0. The number of amides is 1. The molecule has 1 amide bonds. The van der Waals surface area contributed by atoms with Gasteiger partial charge < -0.3 is 26.2 Å². The summed E-state index contributed by atoms with van der Waals surface area (Å²) in [5.41, 5.74) is -1.70. The molecule has 29 nitrogen and oxygen atoms in total. The minimum absolute atomic E-state index is 0.317. The summed E-state index contributed by atoms with van der Waals surface area (Å²) in [4.78, 5) is 16.7. The Morgan fingerprint density at radius 3 is 1.57 bits per heavy atom. The summed E-state index contributed by atoms with van der Waals surface area (Å²) in [6.45, 7) is -0.860. The van der Waals surface area contributed by atoms with Crippen molar-refractivity contribution >= 4 is 97.0 Å². The Kier molecular flexibility index (Phi) is 12.0. The third kappa shape index (κ3) is 9.42. The molecular formula is C28H22N10O19S4. The van der Waals surface area contributed by atoms with E-state index in [-0.39, 0.29) is 6.54 Å². The van der Waals surface area contributed by atoms with Crippen LogP contribution in [0.2, 0.25) is 0 Å². The first-order chi connectivity index (χ1) is 28.1. The number of aromatic hydroxyl groups is 3. The highest BCUT2D eigenvalue weighted by molar-refractivity contribution is 7.86. The average Bonchev–Trinajstić information content (AvgIpc) is 3.45. The van der Waals surface area contributed by atoms with Crippen LogP contribution in [0.25, 0.3) is 10.8 Å². The maximum atomic E-state index is 12.5. The fourth-order valence-corrected chi connectivity index (χ4v) is 7.68. The molecule has 0 bridgehead atoms. The highest BCUT2D eigenvalue weighted by Gasteiger charge is 2.30. The van der Waals surface area contributed by atoms with E-state index < -0.39 is 151 Å². The first-order valence-electron chi connectivity index (χ1n) is 15.5. The molecule has 1 aromatic heterocycles. The number of hydrogen-bond donors (Lipinski definition) is 9. The predicted octanol–water partition coefficient (Wildman–Crippen LogP) is 3.39. The van der Waals surface area contributed by atoms with Crippen LogP contribution < -0.4 is 5.73 Å². The van der Waals surface area contributed by atoms with Gasteiger partial charge in [0.2, 0.25) is 5.88 Å². The van der Waals surface area contributed by atoms with Gasteiger partial charge in [0.1, 0.15) is 42.3 Å². The van der Waals surface area contributed by atoms with E-state index >= 15 is 0 Å². The number of aromatic nitrogens is 2. The highest BCUT2D eigenvalue weighted by Crippen LogP contribution is 2.50. The lowest BCUT2D eigenvalue weighted by atomic mass is 10.1. The number of rotatable bonds is 14. The number of benzene rings is 4. The van der Waals surface area contributed by atoms with Gasteiger partial charge in [-0.3, -0.25) is 33.1 Å². The lowest BCUT2D eigenvalue weighted by Gasteiger charge is -2.13. The second-order valence-corrected chi connectivity index (χ2v) is 17.2. The van der Waals surface area contributed by atoms with Crippen LogP contribution in [0.1, 0.15) is 10.5 Å². The van der Waals surface area contributed by atoms with Gasteiger partial charge >= 0.3 is 0 Å². The number of azo groups is 3. The Labute approximate surface area is 338 Å². The summed E-state index contributed by atoms with van der Waals surface area (Å²) in [7, 11) is -21.7. The molecule has 0 spiro atoms. The molecule has 0 fully saturated rings. The van der Waals surface area contributed by atoms with E-state index in [1.54, 1.807) is 0 Å². The Morgan fingerprint density at radius 1 is 0.672 bits per heavy atom. The van der Waals surface area contributed by atoms with E-state index in [0.29, 0.717) is 36.4 Å². The number of phenolic OH excluding ortho intramolecular Hbond substituents is 2. The molecule has 0 unspecified atom stereocenters. The first kappa shape index (κ1) is 45.1. The van der Waals surface area contributed by atoms with Gasteiger partial charge in [-0.2, -0.15) is 43.9 Å². The van der Waals surface area contributed by atoms with Crippen molar-refractivity contribution in [3.05, 3.63) is 64.3 Å². The Morgan fingerprint density at radius 2 is 1.13 bits per heavy atom. The van der Waals surface area contributed by atoms with Gasteiger partial charge in [0, 0.05) is 12.1 Å². The molecule has 0 aliphatic carbocycles. The molecule has 322 valence electrons. The molecule has 0 atom stereocenters. The van der Waals surface area contributed by atoms with E-state index in [1.807, 2.05) is 0 Å². The second-order valence-electron chi connectivity index (χ2n) is 11.6. The fraction of sp³-hybridized carbons (Fsp3) is 0.0714. The fourth-order valence-electron chi connectivity index (χ4n) is 5.08. The third-order valence-corrected chi connectivity index (χ3v) is 11.2. The van der Waals surface area contributed by atoms with E-state index in [9.17, 15) is 82.1 Å². The van der Waals surface area contributed by atoms with Gasteiger partial charge in [0.15, 0.2) is 22.9 Å². The quantitative estimate of drug-likeness (QED) is 0.0333.